The summed E-state index contributed by atoms with van der Waals surface area (Å²) < 4.78 is 10.5. The van der Waals surface area contributed by atoms with Gasteiger partial charge >= 0.3 is 0 Å². The van der Waals surface area contributed by atoms with Crippen molar-refractivity contribution in [1.82, 2.24) is 15.2 Å². The Balaban J connectivity index is 1.77. The van der Waals surface area contributed by atoms with Crippen molar-refractivity contribution in [3.8, 4) is 22.8 Å². The van der Waals surface area contributed by atoms with Crippen LogP contribution in [-0.2, 0) is 0 Å². The number of anilines is 1. The van der Waals surface area contributed by atoms with Crippen LogP contribution < -0.4 is 14.9 Å². The van der Waals surface area contributed by atoms with Crippen molar-refractivity contribution in [2.24, 2.45) is 5.10 Å². The Bertz CT molecular complexity index is 868. The lowest BCUT2D eigenvalue weighted by Gasteiger charge is -2.06. The summed E-state index contributed by atoms with van der Waals surface area (Å²) in [6.45, 7) is 0. The lowest BCUT2D eigenvalue weighted by Crippen LogP contribution is -2.00. The molecule has 0 amide bonds. The molecule has 0 saturated heterocycles. The fourth-order valence-corrected chi connectivity index (χ4v) is 2.20. The van der Waals surface area contributed by atoms with Gasteiger partial charge in [-0.3, -0.25) is 0 Å². The monoisotopic (exact) mass is 335 g/mol. The third kappa shape index (κ3) is 4.08. The van der Waals surface area contributed by atoms with E-state index in [1.807, 2.05) is 48.5 Å². The van der Waals surface area contributed by atoms with E-state index in [9.17, 15) is 0 Å². The Morgan fingerprint density at radius 3 is 2.64 bits per heavy atom. The van der Waals surface area contributed by atoms with Gasteiger partial charge in [0.15, 0.2) is 0 Å². The number of benzene rings is 2. The number of rotatable bonds is 6. The van der Waals surface area contributed by atoms with Crippen LogP contribution in [0, 0.1) is 0 Å². The topological polar surface area (TPSA) is 81.5 Å². The second kappa shape index (κ2) is 7.87. The van der Waals surface area contributed by atoms with Gasteiger partial charge in [-0.2, -0.15) is 10.2 Å². The maximum absolute atomic E-state index is 5.31. The van der Waals surface area contributed by atoms with Crippen molar-refractivity contribution in [3.63, 3.8) is 0 Å². The lowest BCUT2D eigenvalue weighted by atomic mass is 10.2. The van der Waals surface area contributed by atoms with Crippen LogP contribution in [0.3, 0.4) is 0 Å². The molecule has 0 aliphatic carbocycles. The molecule has 25 heavy (non-hydrogen) atoms. The summed E-state index contributed by atoms with van der Waals surface area (Å²) in [6, 6.07) is 15.2. The molecule has 0 fully saturated rings. The predicted octanol–water partition coefficient (Wildman–Crippen LogP) is 3.00. The van der Waals surface area contributed by atoms with E-state index in [1.54, 1.807) is 26.6 Å². The number of hydrogen-bond acceptors (Lipinski definition) is 7. The van der Waals surface area contributed by atoms with Gasteiger partial charge in [0.25, 0.3) is 5.95 Å². The Kier molecular flexibility index (Phi) is 5.16. The van der Waals surface area contributed by atoms with E-state index in [0.717, 1.165) is 11.1 Å². The van der Waals surface area contributed by atoms with Gasteiger partial charge in [-0.1, -0.05) is 30.3 Å². The highest BCUT2D eigenvalue weighted by Gasteiger charge is 2.04. The number of nitrogens with zero attached hydrogens (tertiary/aromatic N) is 4. The summed E-state index contributed by atoms with van der Waals surface area (Å²) in [5.74, 6) is 1.70. The lowest BCUT2D eigenvalue weighted by molar-refractivity contribution is 0.402. The van der Waals surface area contributed by atoms with Crippen LogP contribution >= 0.6 is 0 Å². The molecule has 1 N–H and O–H groups in total. The van der Waals surface area contributed by atoms with Crippen LogP contribution in [0.2, 0.25) is 0 Å². The molecule has 0 unspecified atom stereocenters. The van der Waals surface area contributed by atoms with Crippen LogP contribution in [0.15, 0.2) is 59.8 Å². The second-order valence-electron chi connectivity index (χ2n) is 5.01. The van der Waals surface area contributed by atoms with Crippen molar-refractivity contribution >= 4 is 12.2 Å². The smallest absolute Gasteiger partial charge is 0.263 e. The standard InChI is InChI=1S/C18H17N5O2/c1-24-15-8-9-17(25-2)14(10-15)11-19-22-18-21-16(12-20-23-18)13-6-4-3-5-7-13/h3-12H,1-2H3,(H,21,22,23). The van der Waals surface area contributed by atoms with Gasteiger partial charge in [0.1, 0.15) is 11.5 Å². The molecule has 7 nitrogen and oxygen atoms in total. The van der Waals surface area contributed by atoms with Crippen molar-refractivity contribution in [2.75, 3.05) is 19.6 Å². The molecule has 0 saturated carbocycles. The minimum Gasteiger partial charge on any atom is -0.497 e. The molecular weight excluding hydrogens is 318 g/mol. The average Bonchev–Trinajstić information content (AvgIpc) is 2.69. The number of ether oxygens (including phenoxy) is 2. The first kappa shape index (κ1) is 16.4. The third-order valence-corrected chi connectivity index (χ3v) is 3.43. The highest BCUT2D eigenvalue weighted by molar-refractivity contribution is 5.84. The molecule has 3 rings (SSSR count). The quantitative estimate of drug-likeness (QED) is 0.551. The molecule has 0 spiro atoms. The average molecular weight is 335 g/mol. The van der Waals surface area contributed by atoms with Gasteiger partial charge in [-0.05, 0) is 18.2 Å². The first-order valence-electron chi connectivity index (χ1n) is 7.56. The zero-order valence-corrected chi connectivity index (χ0v) is 13.9. The first-order valence-corrected chi connectivity index (χ1v) is 7.56. The largest absolute Gasteiger partial charge is 0.497 e. The third-order valence-electron chi connectivity index (χ3n) is 3.43. The zero-order chi connectivity index (χ0) is 17.5. The molecule has 126 valence electrons. The van der Waals surface area contributed by atoms with E-state index < -0.39 is 0 Å². The highest BCUT2D eigenvalue weighted by atomic mass is 16.5. The molecule has 2 aromatic carbocycles. The van der Waals surface area contributed by atoms with Crippen LogP contribution in [0.5, 0.6) is 11.5 Å². The second-order valence-corrected chi connectivity index (χ2v) is 5.01. The number of methoxy groups -OCH3 is 2. The van der Waals surface area contributed by atoms with Crippen LogP contribution in [0.1, 0.15) is 5.56 Å². The Morgan fingerprint density at radius 1 is 1.04 bits per heavy atom. The van der Waals surface area contributed by atoms with E-state index in [0.29, 0.717) is 23.1 Å². The zero-order valence-electron chi connectivity index (χ0n) is 13.9. The van der Waals surface area contributed by atoms with Crippen molar-refractivity contribution < 1.29 is 9.47 Å². The molecule has 0 atom stereocenters. The molecule has 0 radical (unpaired) electrons. The fraction of sp³-hybridized carbons (Fsp3) is 0.111. The van der Waals surface area contributed by atoms with Crippen molar-refractivity contribution in [2.45, 2.75) is 0 Å². The first-order chi connectivity index (χ1) is 12.3. The maximum atomic E-state index is 5.31. The highest BCUT2D eigenvalue weighted by Crippen LogP contribution is 2.22. The van der Waals surface area contributed by atoms with Gasteiger partial charge in [0.2, 0.25) is 0 Å². The molecular formula is C18H17N5O2. The molecule has 1 heterocycles. The fourth-order valence-electron chi connectivity index (χ4n) is 2.20. The van der Waals surface area contributed by atoms with E-state index in [-0.39, 0.29) is 0 Å². The maximum Gasteiger partial charge on any atom is 0.263 e. The van der Waals surface area contributed by atoms with Crippen LogP contribution in [-0.4, -0.2) is 35.6 Å². The summed E-state index contributed by atoms with van der Waals surface area (Å²) in [5, 5.41) is 12.0. The summed E-state index contributed by atoms with van der Waals surface area (Å²) in [4.78, 5) is 4.40. The van der Waals surface area contributed by atoms with Gasteiger partial charge in [-0.25, -0.2) is 10.4 Å². The van der Waals surface area contributed by atoms with Gasteiger partial charge in [0.05, 0.1) is 32.3 Å². The summed E-state index contributed by atoms with van der Waals surface area (Å²) in [6.07, 6.45) is 3.22. The van der Waals surface area contributed by atoms with Crippen LogP contribution in [0.4, 0.5) is 5.95 Å². The Hall–Kier alpha value is -3.48. The predicted molar refractivity (Wildman–Crippen MR) is 96.0 cm³/mol. The minimum absolute atomic E-state index is 0.305. The van der Waals surface area contributed by atoms with E-state index >= 15 is 0 Å². The SMILES string of the molecule is COc1ccc(OC)c(C=NNc2nncc(-c3ccccc3)n2)c1. The number of hydrazone groups is 1. The van der Waals surface area contributed by atoms with Gasteiger partial charge in [0, 0.05) is 11.1 Å². The Morgan fingerprint density at radius 2 is 1.88 bits per heavy atom. The van der Waals surface area contributed by atoms with E-state index in [1.165, 1.54) is 0 Å². The minimum atomic E-state index is 0.305. The summed E-state index contributed by atoms with van der Waals surface area (Å²) >= 11 is 0. The summed E-state index contributed by atoms with van der Waals surface area (Å²) in [7, 11) is 3.21. The molecule has 1 aromatic heterocycles. The van der Waals surface area contributed by atoms with Crippen LogP contribution in [0.25, 0.3) is 11.3 Å². The molecule has 3 aromatic rings. The van der Waals surface area contributed by atoms with Gasteiger partial charge < -0.3 is 9.47 Å². The van der Waals surface area contributed by atoms with E-state index in [4.69, 9.17) is 9.47 Å². The molecule has 0 bridgehead atoms. The summed E-state index contributed by atoms with van der Waals surface area (Å²) in [5.41, 5.74) is 5.22. The van der Waals surface area contributed by atoms with Crippen molar-refractivity contribution in [1.29, 1.82) is 0 Å². The molecule has 0 aliphatic rings. The molecule has 7 heteroatoms. The number of hydrogen-bond donors (Lipinski definition) is 1. The Labute approximate surface area is 145 Å². The normalized spacial score (nSPS) is 10.6. The number of nitrogens with one attached hydrogen (secondary N) is 1. The van der Waals surface area contributed by atoms with Gasteiger partial charge in [-0.15, -0.1) is 5.10 Å². The number of aromatic nitrogens is 3. The van der Waals surface area contributed by atoms with Crippen molar-refractivity contribution in [3.05, 3.63) is 60.3 Å². The molecule has 0 aliphatic heterocycles. The van der Waals surface area contributed by atoms with E-state index in [2.05, 4.69) is 25.7 Å².